The van der Waals surface area contributed by atoms with Gasteiger partial charge in [-0.05, 0) is 42.2 Å². The molecule has 4 N–H and O–H groups in total. The second kappa shape index (κ2) is 6.81. The maximum Gasteiger partial charge on any atom is 0.158 e. The third-order valence-electron chi connectivity index (χ3n) is 4.51. The number of rotatable bonds is 3. The van der Waals surface area contributed by atoms with Crippen LogP contribution in [0.2, 0.25) is 0 Å². The summed E-state index contributed by atoms with van der Waals surface area (Å²) in [5.74, 6) is 2.46. The van der Waals surface area contributed by atoms with Gasteiger partial charge in [0.05, 0.1) is 11.3 Å². The first-order valence-electron chi connectivity index (χ1n) is 8.34. The highest BCUT2D eigenvalue weighted by molar-refractivity contribution is 5.85. The molecule has 4 nitrogen and oxygen atoms in total. The zero-order valence-electron chi connectivity index (χ0n) is 14.7. The molecular weight excluding hydrogens is 324 g/mol. The number of phenols is 2. The zero-order valence-corrected chi connectivity index (χ0v) is 14.7. The van der Waals surface area contributed by atoms with E-state index < -0.39 is 0 Å². The number of nitrogens with two attached hydrogens (primary N) is 1. The molecule has 0 unspecified atom stereocenters. The van der Waals surface area contributed by atoms with E-state index in [1.165, 1.54) is 17.7 Å². The molecule has 0 radical (unpaired) electrons. The normalized spacial score (nSPS) is 10.5. The van der Waals surface area contributed by atoms with Gasteiger partial charge in [0.2, 0.25) is 0 Å². The smallest absolute Gasteiger partial charge is 0.158 e. The average Bonchev–Trinajstić information content (AvgIpc) is 2.65. The molecule has 1 aromatic heterocycles. The third kappa shape index (κ3) is 2.96. The van der Waals surface area contributed by atoms with E-state index in [9.17, 15) is 10.2 Å². The second-order valence-corrected chi connectivity index (χ2v) is 6.12. The van der Waals surface area contributed by atoms with Gasteiger partial charge in [-0.2, -0.15) is 0 Å². The number of aryl methyl sites for hydroxylation is 1. The highest BCUT2D eigenvalue weighted by atomic mass is 16.3. The van der Waals surface area contributed by atoms with Crippen molar-refractivity contribution in [2.75, 3.05) is 5.73 Å². The van der Waals surface area contributed by atoms with Crippen LogP contribution in [0.1, 0.15) is 23.6 Å². The molecule has 26 heavy (non-hydrogen) atoms. The molecular formula is C22H20N2O2. The molecule has 130 valence electrons. The number of pyridine rings is 1. The maximum absolute atomic E-state index is 9.88. The summed E-state index contributed by atoms with van der Waals surface area (Å²) in [6.07, 6.45) is 6.63. The van der Waals surface area contributed by atoms with E-state index in [4.69, 9.17) is 12.2 Å². The maximum atomic E-state index is 9.88. The Morgan fingerprint density at radius 2 is 1.69 bits per heavy atom. The van der Waals surface area contributed by atoms with Gasteiger partial charge in [0, 0.05) is 11.1 Å². The summed E-state index contributed by atoms with van der Waals surface area (Å²) in [7, 11) is 0. The van der Waals surface area contributed by atoms with Gasteiger partial charge < -0.3 is 15.9 Å². The minimum Gasteiger partial charge on any atom is -0.504 e. The van der Waals surface area contributed by atoms with Gasteiger partial charge >= 0.3 is 0 Å². The zero-order chi connectivity index (χ0) is 18.8. The molecule has 0 spiro atoms. The summed E-state index contributed by atoms with van der Waals surface area (Å²) in [4.78, 5) is 4.52. The van der Waals surface area contributed by atoms with Crippen molar-refractivity contribution in [3.05, 3.63) is 59.2 Å². The lowest BCUT2D eigenvalue weighted by molar-refractivity contribution is 0.404. The van der Waals surface area contributed by atoms with Gasteiger partial charge in [0.1, 0.15) is 5.82 Å². The molecule has 3 rings (SSSR count). The van der Waals surface area contributed by atoms with Crippen molar-refractivity contribution in [2.45, 2.75) is 20.3 Å². The highest BCUT2D eigenvalue weighted by Crippen LogP contribution is 2.38. The Hall–Kier alpha value is -3.45. The summed E-state index contributed by atoms with van der Waals surface area (Å²) in [5.41, 5.74) is 11.8. The fourth-order valence-corrected chi connectivity index (χ4v) is 3.06. The number of terminal acetylenes is 1. The molecule has 2 aromatic carbocycles. The standard InChI is InChI=1S/C22H20N2O2/c1-4-14-6-8-15(9-7-14)21-13(3)20(17(5-2)22(23)24-21)16-10-11-18(25)19(26)12-16/h2,6-12,25-26H,4H2,1,3H3,(H2,23,24). The van der Waals surface area contributed by atoms with Gasteiger partial charge in [0.25, 0.3) is 0 Å². The average molecular weight is 344 g/mol. The number of anilines is 1. The number of phenolic OH excluding ortho intramolecular Hbond substituents is 2. The Morgan fingerprint density at radius 1 is 1.04 bits per heavy atom. The molecule has 0 aliphatic rings. The first kappa shape index (κ1) is 17.4. The number of nitrogen functional groups attached to an aromatic ring is 1. The van der Waals surface area contributed by atoms with Gasteiger partial charge in [-0.25, -0.2) is 4.98 Å². The lowest BCUT2D eigenvalue weighted by Gasteiger charge is -2.16. The molecule has 0 bridgehead atoms. The minimum atomic E-state index is -0.214. The third-order valence-corrected chi connectivity index (χ3v) is 4.51. The molecule has 0 atom stereocenters. The fourth-order valence-electron chi connectivity index (χ4n) is 3.06. The van der Waals surface area contributed by atoms with Crippen molar-refractivity contribution < 1.29 is 10.2 Å². The number of hydrogen-bond acceptors (Lipinski definition) is 4. The molecule has 0 saturated carbocycles. The number of benzene rings is 2. The van der Waals surface area contributed by atoms with E-state index in [0.29, 0.717) is 11.1 Å². The van der Waals surface area contributed by atoms with E-state index in [0.717, 1.165) is 28.8 Å². The highest BCUT2D eigenvalue weighted by Gasteiger charge is 2.18. The van der Waals surface area contributed by atoms with Crippen molar-refractivity contribution in [1.82, 2.24) is 4.98 Å². The Bertz CT molecular complexity index is 1020. The van der Waals surface area contributed by atoms with Crippen LogP contribution in [0, 0.1) is 19.3 Å². The van der Waals surface area contributed by atoms with Crippen LogP contribution in [0.5, 0.6) is 11.5 Å². The van der Waals surface area contributed by atoms with Crippen molar-refractivity contribution >= 4 is 5.82 Å². The number of hydrogen-bond donors (Lipinski definition) is 3. The molecule has 3 aromatic rings. The molecule has 4 heteroatoms. The van der Waals surface area contributed by atoms with Gasteiger partial charge in [-0.3, -0.25) is 0 Å². The first-order chi connectivity index (χ1) is 12.5. The van der Waals surface area contributed by atoms with Crippen LogP contribution in [-0.4, -0.2) is 15.2 Å². The number of aromatic nitrogens is 1. The van der Waals surface area contributed by atoms with E-state index in [-0.39, 0.29) is 17.3 Å². The van der Waals surface area contributed by atoms with E-state index >= 15 is 0 Å². The van der Waals surface area contributed by atoms with Crippen molar-refractivity contribution in [3.63, 3.8) is 0 Å². The van der Waals surface area contributed by atoms with Crippen LogP contribution in [0.15, 0.2) is 42.5 Å². The SMILES string of the molecule is C#Cc1c(N)nc(-c2ccc(CC)cc2)c(C)c1-c1ccc(O)c(O)c1. The summed E-state index contributed by atoms with van der Waals surface area (Å²) in [6.45, 7) is 4.03. The monoisotopic (exact) mass is 344 g/mol. The van der Waals surface area contributed by atoms with Crippen LogP contribution in [0.25, 0.3) is 22.4 Å². The molecule has 0 aliphatic carbocycles. The van der Waals surface area contributed by atoms with Crippen LogP contribution in [0.3, 0.4) is 0 Å². The lowest BCUT2D eigenvalue weighted by atomic mass is 9.92. The minimum absolute atomic E-state index is 0.189. The largest absolute Gasteiger partial charge is 0.504 e. The van der Waals surface area contributed by atoms with Gasteiger partial charge in [-0.1, -0.05) is 43.2 Å². The van der Waals surface area contributed by atoms with Crippen LogP contribution < -0.4 is 5.73 Å². The quantitative estimate of drug-likeness (QED) is 0.490. The molecule has 0 aliphatic heterocycles. The van der Waals surface area contributed by atoms with Crippen LogP contribution in [-0.2, 0) is 6.42 Å². The summed E-state index contributed by atoms with van der Waals surface area (Å²) < 4.78 is 0. The van der Waals surface area contributed by atoms with Gasteiger partial charge in [0.15, 0.2) is 11.5 Å². The molecule has 0 amide bonds. The summed E-state index contributed by atoms with van der Waals surface area (Å²) in [6, 6.07) is 12.8. The fraction of sp³-hybridized carbons (Fsp3) is 0.136. The first-order valence-corrected chi connectivity index (χ1v) is 8.34. The summed E-state index contributed by atoms with van der Waals surface area (Å²) >= 11 is 0. The number of nitrogens with zero attached hydrogens (tertiary/aromatic N) is 1. The van der Waals surface area contributed by atoms with Crippen LogP contribution in [0.4, 0.5) is 5.82 Å². The van der Waals surface area contributed by atoms with Crippen molar-refractivity contribution in [1.29, 1.82) is 0 Å². The topological polar surface area (TPSA) is 79.4 Å². The Labute approximate surface area is 153 Å². The van der Waals surface area contributed by atoms with Gasteiger partial charge in [-0.15, -0.1) is 6.42 Å². The Morgan fingerprint density at radius 3 is 2.27 bits per heavy atom. The molecule has 0 saturated heterocycles. The molecule has 0 fully saturated rings. The number of aromatic hydroxyl groups is 2. The summed E-state index contributed by atoms with van der Waals surface area (Å²) in [5, 5.41) is 19.5. The van der Waals surface area contributed by atoms with E-state index in [2.05, 4.69) is 30.0 Å². The predicted octanol–water partition coefficient (Wildman–Crippen LogP) is 4.26. The second-order valence-electron chi connectivity index (χ2n) is 6.12. The molecule has 1 heterocycles. The predicted molar refractivity (Wildman–Crippen MR) is 105 cm³/mol. The van der Waals surface area contributed by atoms with E-state index in [1.807, 2.05) is 19.1 Å². The lowest BCUT2D eigenvalue weighted by Crippen LogP contribution is -2.03. The Kier molecular flexibility index (Phi) is 4.55. The van der Waals surface area contributed by atoms with Crippen LogP contribution >= 0.6 is 0 Å². The Balaban J connectivity index is 2.27. The van der Waals surface area contributed by atoms with Crippen molar-refractivity contribution in [2.24, 2.45) is 0 Å². The van der Waals surface area contributed by atoms with Crippen molar-refractivity contribution in [3.8, 4) is 46.2 Å². The van der Waals surface area contributed by atoms with E-state index in [1.54, 1.807) is 6.07 Å².